The Balaban J connectivity index is 1.35. The van der Waals surface area contributed by atoms with Crippen LogP contribution in [-0.4, -0.2) is 89.6 Å². The van der Waals surface area contributed by atoms with Crippen LogP contribution in [-0.2, 0) is 16.1 Å². The Morgan fingerprint density at radius 1 is 1.00 bits per heavy atom. The molecule has 2 aromatic rings. The molecule has 0 saturated carbocycles. The van der Waals surface area contributed by atoms with Gasteiger partial charge in [-0.3, -0.25) is 9.59 Å². The summed E-state index contributed by atoms with van der Waals surface area (Å²) in [6, 6.07) is 16.2. The molecule has 2 aliphatic heterocycles. The van der Waals surface area contributed by atoms with Crippen molar-refractivity contribution in [3.8, 4) is 5.75 Å². The van der Waals surface area contributed by atoms with Gasteiger partial charge in [0.05, 0.1) is 5.92 Å². The quantitative estimate of drug-likeness (QED) is 0.501. The molecule has 2 aromatic carbocycles. The van der Waals surface area contributed by atoms with Crippen molar-refractivity contribution in [2.75, 3.05) is 51.2 Å². The van der Waals surface area contributed by atoms with Gasteiger partial charge < -0.3 is 29.4 Å². The van der Waals surface area contributed by atoms with E-state index in [0.29, 0.717) is 50.9 Å². The lowest BCUT2D eigenvalue weighted by atomic mass is 9.95. The first-order valence-corrected chi connectivity index (χ1v) is 14.6. The van der Waals surface area contributed by atoms with E-state index in [-0.39, 0.29) is 17.7 Å². The Labute approximate surface area is 243 Å². The molecule has 0 radical (unpaired) electrons. The fourth-order valence-corrected chi connectivity index (χ4v) is 5.65. The molecule has 0 bridgehead atoms. The molecule has 9 heteroatoms. The van der Waals surface area contributed by atoms with Crippen molar-refractivity contribution < 1.29 is 24.2 Å². The number of carbonyl (C=O) groups excluding carboxylic acids is 2. The Bertz CT molecular complexity index is 1220. The third-order valence-corrected chi connectivity index (χ3v) is 8.12. The summed E-state index contributed by atoms with van der Waals surface area (Å²) >= 11 is 0. The molecule has 0 aromatic heterocycles. The van der Waals surface area contributed by atoms with Crippen LogP contribution < -0.4 is 9.64 Å². The predicted octanol–water partition coefficient (Wildman–Crippen LogP) is 4.66. The number of amides is 3. The first kappa shape index (κ1) is 30.2. The summed E-state index contributed by atoms with van der Waals surface area (Å²) < 4.78 is 6.20. The predicted molar refractivity (Wildman–Crippen MR) is 159 cm³/mol. The molecule has 2 heterocycles. The van der Waals surface area contributed by atoms with E-state index in [1.54, 1.807) is 18.7 Å². The number of piperidine rings is 1. The van der Waals surface area contributed by atoms with E-state index in [1.807, 2.05) is 36.2 Å². The Morgan fingerprint density at radius 2 is 1.66 bits per heavy atom. The van der Waals surface area contributed by atoms with Crippen LogP contribution in [0.15, 0.2) is 48.5 Å². The summed E-state index contributed by atoms with van der Waals surface area (Å²) in [5.41, 5.74) is 2.28. The number of benzene rings is 2. The molecule has 0 unspecified atom stereocenters. The first-order chi connectivity index (χ1) is 19.4. The van der Waals surface area contributed by atoms with Crippen molar-refractivity contribution in [2.45, 2.75) is 58.6 Å². The molecule has 0 aliphatic carbocycles. The zero-order valence-electron chi connectivity index (χ0n) is 25.0. The lowest BCUT2D eigenvalue weighted by Crippen LogP contribution is -2.56. The smallest absolute Gasteiger partial charge is 0.407 e. The topological polar surface area (TPSA) is 93.6 Å². The maximum atomic E-state index is 13.4. The third-order valence-electron chi connectivity index (χ3n) is 8.12. The van der Waals surface area contributed by atoms with Crippen LogP contribution in [0.2, 0.25) is 0 Å². The first-order valence-electron chi connectivity index (χ1n) is 14.6. The second-order valence-electron chi connectivity index (χ2n) is 12.0. The summed E-state index contributed by atoms with van der Waals surface area (Å²) in [5, 5.41) is 9.18. The zero-order chi connectivity index (χ0) is 29.7. The van der Waals surface area contributed by atoms with Crippen LogP contribution in [0.5, 0.6) is 5.75 Å². The van der Waals surface area contributed by atoms with Crippen LogP contribution in [0.1, 0.15) is 57.6 Å². The SMILES string of the molecule is CC(C)c1ccc(CN(C)C(=O)[C@@H]2CCCN(c3cccc(OC(C)(C)C(=O)N4CCN(C(=O)O)CC4)c3)C2)cc1. The number of carboxylic acid groups (broad SMARTS) is 1. The highest BCUT2D eigenvalue weighted by molar-refractivity contribution is 5.85. The highest BCUT2D eigenvalue weighted by Crippen LogP contribution is 2.30. The van der Waals surface area contributed by atoms with Crippen molar-refractivity contribution in [1.82, 2.24) is 14.7 Å². The van der Waals surface area contributed by atoms with Crippen molar-refractivity contribution in [1.29, 1.82) is 0 Å². The molecule has 1 N–H and O–H groups in total. The molecule has 4 rings (SSSR count). The van der Waals surface area contributed by atoms with Gasteiger partial charge in [0.2, 0.25) is 5.91 Å². The molecule has 9 nitrogen and oxygen atoms in total. The van der Waals surface area contributed by atoms with E-state index in [2.05, 4.69) is 43.0 Å². The number of rotatable bonds is 8. The minimum atomic E-state index is -1.11. The van der Waals surface area contributed by atoms with Gasteiger partial charge in [0, 0.05) is 64.6 Å². The molecule has 3 amide bonds. The number of anilines is 1. The van der Waals surface area contributed by atoms with E-state index in [0.717, 1.165) is 30.6 Å². The maximum absolute atomic E-state index is 13.4. The minimum absolute atomic E-state index is 0.0873. The summed E-state index contributed by atoms with van der Waals surface area (Å²) in [4.78, 5) is 44.9. The molecular weight excluding hydrogens is 520 g/mol. The van der Waals surface area contributed by atoms with Crippen LogP contribution in [0.3, 0.4) is 0 Å². The molecule has 2 fully saturated rings. The van der Waals surface area contributed by atoms with Crippen LogP contribution in [0, 0.1) is 5.92 Å². The standard InChI is InChI=1S/C32H44N4O5/c1-23(2)25-13-11-24(12-14-25)21-33(5)29(37)26-8-7-15-36(22-26)27-9-6-10-28(20-27)41-32(3,4)30(38)34-16-18-35(19-17-34)31(39)40/h6,9-14,20,23,26H,7-8,15-19,21-22H2,1-5H3,(H,39,40)/t26-/m1/s1. The Kier molecular flexibility index (Phi) is 9.46. The molecule has 222 valence electrons. The summed E-state index contributed by atoms with van der Waals surface area (Å²) in [6.07, 6.45) is 0.818. The van der Waals surface area contributed by atoms with E-state index < -0.39 is 11.7 Å². The van der Waals surface area contributed by atoms with Gasteiger partial charge in [0.25, 0.3) is 5.91 Å². The van der Waals surface area contributed by atoms with Gasteiger partial charge in [-0.05, 0) is 55.9 Å². The van der Waals surface area contributed by atoms with Crippen molar-refractivity contribution in [2.24, 2.45) is 5.92 Å². The minimum Gasteiger partial charge on any atom is -0.478 e. The number of carbonyl (C=O) groups is 3. The molecule has 2 aliphatic rings. The average Bonchev–Trinajstić information content (AvgIpc) is 2.96. The lowest BCUT2D eigenvalue weighted by Gasteiger charge is -2.38. The fourth-order valence-electron chi connectivity index (χ4n) is 5.65. The number of piperazine rings is 1. The van der Waals surface area contributed by atoms with Gasteiger partial charge in [-0.25, -0.2) is 4.79 Å². The number of hydrogen-bond acceptors (Lipinski definition) is 5. The van der Waals surface area contributed by atoms with Gasteiger partial charge in [-0.2, -0.15) is 0 Å². The average molecular weight is 565 g/mol. The van der Waals surface area contributed by atoms with Crippen molar-refractivity contribution in [3.63, 3.8) is 0 Å². The van der Waals surface area contributed by atoms with Crippen molar-refractivity contribution in [3.05, 3.63) is 59.7 Å². The second kappa shape index (κ2) is 12.8. The van der Waals surface area contributed by atoms with E-state index in [1.165, 1.54) is 10.5 Å². The summed E-state index contributed by atoms with van der Waals surface area (Å²) in [5.74, 6) is 0.966. The maximum Gasteiger partial charge on any atom is 0.407 e. The van der Waals surface area contributed by atoms with Crippen LogP contribution >= 0.6 is 0 Å². The Hall–Kier alpha value is -3.75. The third kappa shape index (κ3) is 7.51. The second-order valence-corrected chi connectivity index (χ2v) is 12.0. The fraction of sp³-hybridized carbons (Fsp3) is 0.531. The normalized spacial score (nSPS) is 17.9. The van der Waals surface area contributed by atoms with Gasteiger partial charge in [0.1, 0.15) is 5.75 Å². The number of nitrogens with zero attached hydrogens (tertiary/aromatic N) is 4. The largest absolute Gasteiger partial charge is 0.478 e. The van der Waals surface area contributed by atoms with E-state index >= 15 is 0 Å². The van der Waals surface area contributed by atoms with Gasteiger partial charge in [0.15, 0.2) is 5.60 Å². The molecule has 1 atom stereocenters. The summed E-state index contributed by atoms with van der Waals surface area (Å²) in [6.45, 7) is 11.2. The van der Waals surface area contributed by atoms with E-state index in [9.17, 15) is 19.5 Å². The number of hydrogen-bond donors (Lipinski definition) is 1. The molecular formula is C32H44N4O5. The Morgan fingerprint density at radius 3 is 2.29 bits per heavy atom. The van der Waals surface area contributed by atoms with Crippen molar-refractivity contribution >= 4 is 23.6 Å². The summed E-state index contributed by atoms with van der Waals surface area (Å²) in [7, 11) is 1.88. The molecule has 0 spiro atoms. The van der Waals surface area contributed by atoms with Gasteiger partial charge >= 0.3 is 6.09 Å². The van der Waals surface area contributed by atoms with Crippen LogP contribution in [0.4, 0.5) is 10.5 Å². The van der Waals surface area contributed by atoms with Gasteiger partial charge in [-0.1, -0.05) is 44.2 Å². The highest BCUT2D eigenvalue weighted by atomic mass is 16.5. The van der Waals surface area contributed by atoms with Gasteiger partial charge in [-0.15, -0.1) is 0 Å². The molecule has 41 heavy (non-hydrogen) atoms. The van der Waals surface area contributed by atoms with E-state index in [4.69, 9.17) is 4.74 Å². The molecule has 2 saturated heterocycles. The lowest BCUT2D eigenvalue weighted by molar-refractivity contribution is -0.147. The zero-order valence-corrected chi connectivity index (χ0v) is 25.0. The van der Waals surface area contributed by atoms with Crippen LogP contribution in [0.25, 0.3) is 0 Å². The number of ether oxygens (including phenoxy) is 1. The highest BCUT2D eigenvalue weighted by Gasteiger charge is 2.36. The monoisotopic (exact) mass is 564 g/mol.